The molecule has 0 aliphatic carbocycles. The maximum absolute atomic E-state index is 13.0. The number of alkyl halides is 3. The lowest BCUT2D eigenvalue weighted by Crippen LogP contribution is -2.39. The number of nitrogens with zero attached hydrogens (tertiary/aromatic N) is 2. The van der Waals surface area contributed by atoms with Gasteiger partial charge in [-0.15, -0.1) is 0 Å². The molecule has 1 aliphatic heterocycles. The van der Waals surface area contributed by atoms with Crippen molar-refractivity contribution in [3.8, 4) is 0 Å². The summed E-state index contributed by atoms with van der Waals surface area (Å²) in [6, 6.07) is 2.28. The quantitative estimate of drug-likeness (QED) is 0.292. The normalized spacial score (nSPS) is 17.4. The molecular weight excluding hydrogens is 387 g/mol. The van der Waals surface area contributed by atoms with Crippen molar-refractivity contribution in [3.05, 3.63) is 23.9 Å². The van der Waals surface area contributed by atoms with E-state index in [1.165, 1.54) is 12.3 Å². The molecular formula is C19H30F3N5O2. The van der Waals surface area contributed by atoms with Crippen LogP contribution < -0.4 is 16.0 Å². The van der Waals surface area contributed by atoms with Gasteiger partial charge < -0.3 is 25.4 Å². The minimum atomic E-state index is -4.44. The zero-order chi connectivity index (χ0) is 21.0. The predicted octanol–water partition coefficient (Wildman–Crippen LogP) is 2.65. The van der Waals surface area contributed by atoms with E-state index in [1.807, 2.05) is 6.92 Å². The molecule has 0 spiro atoms. The number of hydrogen-bond acceptors (Lipinski definition) is 5. The van der Waals surface area contributed by atoms with Crippen LogP contribution in [-0.2, 0) is 15.7 Å². The first-order chi connectivity index (χ1) is 14.0. The fourth-order valence-electron chi connectivity index (χ4n) is 2.83. The van der Waals surface area contributed by atoms with Crippen molar-refractivity contribution in [3.63, 3.8) is 0 Å². The zero-order valence-electron chi connectivity index (χ0n) is 16.7. The van der Waals surface area contributed by atoms with Gasteiger partial charge >= 0.3 is 6.18 Å². The Morgan fingerprint density at radius 2 is 2.21 bits per heavy atom. The summed E-state index contributed by atoms with van der Waals surface area (Å²) in [5.41, 5.74) is -0.774. The van der Waals surface area contributed by atoms with Gasteiger partial charge in [0.25, 0.3) is 0 Å². The third kappa shape index (κ3) is 8.86. The molecule has 3 N–H and O–H groups in total. The first-order valence-electron chi connectivity index (χ1n) is 9.98. The van der Waals surface area contributed by atoms with Crippen LogP contribution in [0.4, 0.5) is 19.0 Å². The highest BCUT2D eigenvalue weighted by Gasteiger charge is 2.33. The van der Waals surface area contributed by atoms with Gasteiger partial charge in [-0.2, -0.15) is 13.2 Å². The molecule has 0 bridgehead atoms. The topological polar surface area (TPSA) is 79.8 Å². The summed E-state index contributed by atoms with van der Waals surface area (Å²) >= 11 is 0. The molecule has 1 atom stereocenters. The number of ether oxygens (including phenoxy) is 2. The number of nitrogens with one attached hydrogen (secondary N) is 3. The van der Waals surface area contributed by atoms with Crippen LogP contribution in [0, 0.1) is 0 Å². The fraction of sp³-hybridized carbons (Fsp3) is 0.684. The Balaban J connectivity index is 1.66. The number of pyridine rings is 1. The molecule has 0 amide bonds. The lowest BCUT2D eigenvalue weighted by atomic mass is 10.2. The molecule has 1 aromatic rings. The van der Waals surface area contributed by atoms with Crippen LogP contribution in [0.15, 0.2) is 23.3 Å². The van der Waals surface area contributed by atoms with Crippen molar-refractivity contribution in [2.75, 3.05) is 51.3 Å². The van der Waals surface area contributed by atoms with Crippen molar-refractivity contribution in [2.45, 2.75) is 38.5 Å². The summed E-state index contributed by atoms with van der Waals surface area (Å²) in [5, 5.41) is 8.92. The zero-order valence-corrected chi connectivity index (χ0v) is 16.7. The van der Waals surface area contributed by atoms with E-state index in [-0.39, 0.29) is 18.5 Å². The monoisotopic (exact) mass is 417 g/mol. The van der Waals surface area contributed by atoms with Gasteiger partial charge in [0.15, 0.2) is 5.96 Å². The molecule has 29 heavy (non-hydrogen) atoms. The van der Waals surface area contributed by atoms with Crippen LogP contribution in [0.5, 0.6) is 0 Å². The van der Waals surface area contributed by atoms with Crippen LogP contribution in [0.1, 0.15) is 31.7 Å². The number of hydrogen-bond donors (Lipinski definition) is 3. The lowest BCUT2D eigenvalue weighted by Gasteiger charge is -2.15. The Bertz CT molecular complexity index is 622. The largest absolute Gasteiger partial charge is 0.419 e. The number of guanidine groups is 1. The van der Waals surface area contributed by atoms with Crippen molar-refractivity contribution in [1.29, 1.82) is 0 Å². The van der Waals surface area contributed by atoms with Gasteiger partial charge in [-0.05, 0) is 38.3 Å². The van der Waals surface area contributed by atoms with E-state index in [2.05, 4.69) is 25.9 Å². The highest BCUT2D eigenvalue weighted by molar-refractivity contribution is 5.79. The molecule has 1 aliphatic rings. The Kier molecular flexibility index (Phi) is 9.99. The Morgan fingerprint density at radius 3 is 2.93 bits per heavy atom. The summed E-state index contributed by atoms with van der Waals surface area (Å²) in [5.74, 6) is 0.442. The fourth-order valence-corrected chi connectivity index (χ4v) is 2.83. The highest BCUT2D eigenvalue weighted by Crippen LogP contribution is 2.33. The number of aromatic nitrogens is 1. The highest BCUT2D eigenvalue weighted by atomic mass is 19.4. The summed E-state index contributed by atoms with van der Waals surface area (Å²) < 4.78 is 50.0. The number of aliphatic imine (C=N–C) groups is 1. The number of halogens is 3. The second-order valence-electron chi connectivity index (χ2n) is 6.58. The first-order valence-corrected chi connectivity index (χ1v) is 9.98. The summed E-state index contributed by atoms with van der Waals surface area (Å²) in [6.07, 6.45) is 0.0580. The van der Waals surface area contributed by atoms with Gasteiger partial charge in [0.1, 0.15) is 5.82 Å². The SMILES string of the molecule is CCNC(=NCCCOCC1CCCO1)NCCNc1ncccc1C(F)(F)F. The van der Waals surface area contributed by atoms with Crippen LogP contribution in [0.25, 0.3) is 0 Å². The maximum Gasteiger partial charge on any atom is 0.419 e. The first kappa shape index (κ1) is 23.2. The maximum atomic E-state index is 13.0. The van der Waals surface area contributed by atoms with Crippen LogP contribution in [-0.4, -0.2) is 63.0 Å². The van der Waals surface area contributed by atoms with E-state index < -0.39 is 11.7 Å². The van der Waals surface area contributed by atoms with E-state index in [9.17, 15) is 13.2 Å². The number of anilines is 1. The molecule has 2 heterocycles. The average molecular weight is 417 g/mol. The molecule has 164 valence electrons. The smallest absolute Gasteiger partial charge is 0.379 e. The van der Waals surface area contributed by atoms with E-state index in [0.717, 1.165) is 31.9 Å². The molecule has 1 aromatic heterocycles. The minimum Gasteiger partial charge on any atom is -0.379 e. The van der Waals surface area contributed by atoms with E-state index >= 15 is 0 Å². The number of rotatable bonds is 11. The molecule has 1 unspecified atom stereocenters. The molecule has 0 radical (unpaired) electrons. The predicted molar refractivity (Wildman–Crippen MR) is 106 cm³/mol. The van der Waals surface area contributed by atoms with Crippen LogP contribution in [0.2, 0.25) is 0 Å². The summed E-state index contributed by atoms with van der Waals surface area (Å²) in [6.45, 7) is 5.96. The third-order valence-electron chi connectivity index (χ3n) is 4.21. The van der Waals surface area contributed by atoms with Gasteiger partial charge in [-0.3, -0.25) is 4.99 Å². The Labute approximate surface area is 169 Å². The van der Waals surface area contributed by atoms with Gasteiger partial charge in [0.2, 0.25) is 0 Å². The third-order valence-corrected chi connectivity index (χ3v) is 4.21. The van der Waals surface area contributed by atoms with Gasteiger partial charge in [-0.25, -0.2) is 4.98 Å². The van der Waals surface area contributed by atoms with E-state index in [4.69, 9.17) is 9.47 Å². The standard InChI is InChI=1S/C19H30F3N5O2/c1-2-23-18(26-9-5-12-28-14-15-6-4-13-29-15)27-11-10-25-17-16(19(20,21)22)7-3-8-24-17/h3,7-8,15H,2,4-6,9-14H2,1H3,(H,24,25)(H2,23,26,27). The van der Waals surface area contributed by atoms with Crippen molar-refractivity contribution in [2.24, 2.45) is 4.99 Å². The van der Waals surface area contributed by atoms with Gasteiger partial charge in [0.05, 0.1) is 18.3 Å². The van der Waals surface area contributed by atoms with Gasteiger partial charge in [-0.1, -0.05) is 0 Å². The molecule has 1 fully saturated rings. The summed E-state index contributed by atoms with van der Waals surface area (Å²) in [4.78, 5) is 8.22. The van der Waals surface area contributed by atoms with E-state index in [1.54, 1.807) is 0 Å². The molecule has 0 saturated carbocycles. The van der Waals surface area contributed by atoms with Gasteiger partial charge in [0, 0.05) is 45.6 Å². The molecule has 7 nitrogen and oxygen atoms in total. The molecule has 0 aromatic carbocycles. The minimum absolute atomic E-state index is 0.174. The molecule has 2 rings (SSSR count). The Hall–Kier alpha value is -2.07. The van der Waals surface area contributed by atoms with Crippen LogP contribution in [0.3, 0.4) is 0 Å². The second-order valence-corrected chi connectivity index (χ2v) is 6.58. The molecule has 10 heteroatoms. The van der Waals surface area contributed by atoms with Crippen molar-refractivity contribution >= 4 is 11.8 Å². The second kappa shape index (κ2) is 12.5. The van der Waals surface area contributed by atoms with E-state index in [0.29, 0.717) is 38.8 Å². The van der Waals surface area contributed by atoms with Crippen molar-refractivity contribution < 1.29 is 22.6 Å². The molecule has 1 saturated heterocycles. The average Bonchev–Trinajstić information content (AvgIpc) is 3.20. The lowest BCUT2D eigenvalue weighted by molar-refractivity contribution is -0.137. The van der Waals surface area contributed by atoms with Crippen LogP contribution >= 0.6 is 0 Å². The summed E-state index contributed by atoms with van der Waals surface area (Å²) in [7, 11) is 0. The van der Waals surface area contributed by atoms with Crippen molar-refractivity contribution in [1.82, 2.24) is 15.6 Å². The Morgan fingerprint density at radius 1 is 1.34 bits per heavy atom.